The molecule has 1 N–H and O–H groups in total. The second kappa shape index (κ2) is 5.68. The van der Waals surface area contributed by atoms with Crippen LogP contribution < -0.4 is 5.32 Å². The maximum Gasteiger partial charge on any atom is 0.109 e. The van der Waals surface area contributed by atoms with Crippen molar-refractivity contribution in [2.45, 2.75) is 26.4 Å². The van der Waals surface area contributed by atoms with Crippen molar-refractivity contribution in [3.8, 4) is 0 Å². The number of imidazole rings is 1. The summed E-state index contributed by atoms with van der Waals surface area (Å²) in [5.41, 5.74) is 1.34. The fourth-order valence-corrected chi connectivity index (χ4v) is 1.97. The van der Waals surface area contributed by atoms with Gasteiger partial charge in [-0.05, 0) is 19.1 Å². The Morgan fingerprint density at radius 2 is 2.24 bits per heavy atom. The van der Waals surface area contributed by atoms with E-state index in [0.717, 1.165) is 31.9 Å². The van der Waals surface area contributed by atoms with Crippen LogP contribution in [0.15, 0.2) is 30.7 Å². The first-order valence-corrected chi connectivity index (χ1v) is 6.12. The molecule has 0 fully saturated rings. The van der Waals surface area contributed by atoms with Crippen molar-refractivity contribution in [3.63, 3.8) is 0 Å². The van der Waals surface area contributed by atoms with E-state index in [1.165, 1.54) is 5.69 Å². The molecule has 0 radical (unpaired) electrons. The third-order valence-electron chi connectivity index (χ3n) is 3.02. The Bertz CT molecular complexity index is 455. The molecule has 0 aliphatic rings. The van der Waals surface area contributed by atoms with Gasteiger partial charge in [-0.25, -0.2) is 4.98 Å². The van der Waals surface area contributed by atoms with Crippen LogP contribution in [0.5, 0.6) is 0 Å². The fourth-order valence-electron chi connectivity index (χ4n) is 1.97. The predicted molar refractivity (Wildman–Crippen MR) is 68.7 cm³/mol. The van der Waals surface area contributed by atoms with Gasteiger partial charge in [0, 0.05) is 57.4 Å². The maximum atomic E-state index is 4.30. The van der Waals surface area contributed by atoms with Crippen LogP contribution in [0.2, 0.25) is 0 Å². The lowest BCUT2D eigenvalue weighted by Crippen LogP contribution is -2.19. The maximum absolute atomic E-state index is 4.30. The van der Waals surface area contributed by atoms with Gasteiger partial charge in [0.25, 0.3) is 0 Å². The van der Waals surface area contributed by atoms with Gasteiger partial charge in [-0.1, -0.05) is 0 Å². The number of hydrogen-bond donors (Lipinski definition) is 1. The zero-order chi connectivity index (χ0) is 12.1. The molecule has 2 heterocycles. The molecule has 2 aromatic rings. The molecular weight excluding hydrogens is 212 g/mol. The first-order chi connectivity index (χ1) is 8.31. The van der Waals surface area contributed by atoms with E-state index < -0.39 is 0 Å². The Hall–Kier alpha value is -1.55. The Morgan fingerprint density at radius 3 is 2.94 bits per heavy atom. The van der Waals surface area contributed by atoms with Gasteiger partial charge in [-0.3, -0.25) is 0 Å². The number of hydrogen-bond acceptors (Lipinski definition) is 2. The van der Waals surface area contributed by atoms with Crippen molar-refractivity contribution < 1.29 is 0 Å². The number of rotatable bonds is 6. The lowest BCUT2D eigenvalue weighted by atomic mass is 10.3. The van der Waals surface area contributed by atoms with Crippen molar-refractivity contribution in [2.24, 2.45) is 7.05 Å². The van der Waals surface area contributed by atoms with Crippen molar-refractivity contribution in [2.75, 3.05) is 6.54 Å². The molecule has 2 aromatic heterocycles. The highest BCUT2D eigenvalue weighted by molar-refractivity contribution is 5.06. The largest absolute Gasteiger partial charge is 0.351 e. The van der Waals surface area contributed by atoms with Crippen molar-refractivity contribution in [1.82, 2.24) is 19.4 Å². The van der Waals surface area contributed by atoms with Crippen LogP contribution in [0.25, 0.3) is 0 Å². The highest BCUT2D eigenvalue weighted by Gasteiger charge is 2.00. The predicted octanol–water partition coefficient (Wildman–Crippen LogP) is 1.57. The molecule has 0 aromatic carbocycles. The van der Waals surface area contributed by atoms with Gasteiger partial charge in [-0.15, -0.1) is 0 Å². The van der Waals surface area contributed by atoms with E-state index in [0.29, 0.717) is 0 Å². The molecule has 0 amide bonds. The zero-order valence-electron chi connectivity index (χ0n) is 10.6. The highest BCUT2D eigenvalue weighted by atomic mass is 15.0. The highest BCUT2D eigenvalue weighted by Crippen LogP contribution is 2.01. The second-order valence-corrected chi connectivity index (χ2v) is 4.17. The summed E-state index contributed by atoms with van der Waals surface area (Å²) in [6.07, 6.45) is 6.92. The van der Waals surface area contributed by atoms with Gasteiger partial charge in [0.1, 0.15) is 5.82 Å². The summed E-state index contributed by atoms with van der Waals surface area (Å²) in [6, 6.07) is 4.26. The van der Waals surface area contributed by atoms with Crippen LogP contribution in [0.1, 0.15) is 18.4 Å². The third-order valence-corrected chi connectivity index (χ3v) is 3.02. The van der Waals surface area contributed by atoms with Crippen LogP contribution in [-0.4, -0.2) is 20.7 Å². The molecular formula is C13H20N4. The minimum absolute atomic E-state index is 0.922. The number of nitrogens with zero attached hydrogens (tertiary/aromatic N) is 3. The van der Waals surface area contributed by atoms with Crippen molar-refractivity contribution in [3.05, 3.63) is 42.2 Å². The van der Waals surface area contributed by atoms with E-state index in [-0.39, 0.29) is 0 Å². The van der Waals surface area contributed by atoms with Gasteiger partial charge < -0.3 is 14.5 Å². The molecule has 2 rings (SSSR count). The third kappa shape index (κ3) is 2.97. The minimum Gasteiger partial charge on any atom is -0.351 e. The number of aryl methyl sites for hydroxylation is 2. The molecule has 17 heavy (non-hydrogen) atoms. The van der Waals surface area contributed by atoms with Gasteiger partial charge in [-0.2, -0.15) is 0 Å². The summed E-state index contributed by atoms with van der Waals surface area (Å²) in [4.78, 5) is 4.30. The molecule has 0 spiro atoms. The van der Waals surface area contributed by atoms with E-state index in [2.05, 4.69) is 44.7 Å². The van der Waals surface area contributed by atoms with Gasteiger partial charge >= 0.3 is 0 Å². The van der Waals surface area contributed by atoms with E-state index >= 15 is 0 Å². The average molecular weight is 232 g/mol. The number of nitrogens with one attached hydrogen (secondary N) is 1. The second-order valence-electron chi connectivity index (χ2n) is 4.17. The molecule has 0 aliphatic heterocycles. The summed E-state index contributed by atoms with van der Waals surface area (Å²) < 4.78 is 4.32. The first-order valence-electron chi connectivity index (χ1n) is 6.12. The monoisotopic (exact) mass is 232 g/mol. The lowest BCUT2D eigenvalue weighted by molar-refractivity contribution is 0.614. The Labute approximate surface area is 102 Å². The molecule has 0 saturated carbocycles. The molecule has 0 aliphatic carbocycles. The van der Waals surface area contributed by atoms with Crippen LogP contribution >= 0.6 is 0 Å². The standard InChI is InChI=1S/C13H20N4/c1-3-17-9-4-5-12(17)11-14-7-6-13-15-8-10-16(13)2/h4-5,8-10,14H,3,6-7,11H2,1-2H3. The van der Waals surface area contributed by atoms with Crippen LogP contribution in [0, 0.1) is 0 Å². The molecule has 92 valence electrons. The zero-order valence-corrected chi connectivity index (χ0v) is 10.6. The molecule has 0 saturated heterocycles. The average Bonchev–Trinajstić information content (AvgIpc) is 2.93. The quantitative estimate of drug-likeness (QED) is 0.767. The lowest BCUT2D eigenvalue weighted by Gasteiger charge is -2.08. The summed E-state index contributed by atoms with van der Waals surface area (Å²) in [5.74, 6) is 1.13. The van der Waals surface area contributed by atoms with Crippen LogP contribution in [-0.2, 0) is 26.6 Å². The molecule has 4 heteroatoms. The minimum atomic E-state index is 0.922. The Morgan fingerprint density at radius 1 is 1.35 bits per heavy atom. The Balaban J connectivity index is 1.75. The van der Waals surface area contributed by atoms with Crippen LogP contribution in [0.3, 0.4) is 0 Å². The van der Waals surface area contributed by atoms with Crippen molar-refractivity contribution >= 4 is 0 Å². The van der Waals surface area contributed by atoms with Crippen LogP contribution in [0.4, 0.5) is 0 Å². The van der Waals surface area contributed by atoms with E-state index in [1.54, 1.807) is 0 Å². The van der Waals surface area contributed by atoms with Gasteiger partial charge in [0.05, 0.1) is 0 Å². The smallest absolute Gasteiger partial charge is 0.109 e. The first kappa shape index (κ1) is 11.9. The summed E-state index contributed by atoms with van der Waals surface area (Å²) >= 11 is 0. The van der Waals surface area contributed by atoms with E-state index in [4.69, 9.17) is 0 Å². The normalized spacial score (nSPS) is 10.9. The SMILES string of the molecule is CCn1cccc1CNCCc1nccn1C. The summed E-state index contributed by atoms with van der Waals surface area (Å²) in [7, 11) is 2.03. The topological polar surface area (TPSA) is 34.8 Å². The molecule has 4 nitrogen and oxygen atoms in total. The summed E-state index contributed by atoms with van der Waals surface area (Å²) in [6.45, 7) is 5.08. The van der Waals surface area contributed by atoms with Gasteiger partial charge in [0.15, 0.2) is 0 Å². The molecule has 0 bridgehead atoms. The van der Waals surface area contributed by atoms with Gasteiger partial charge in [0.2, 0.25) is 0 Å². The van der Waals surface area contributed by atoms with E-state index in [1.807, 2.05) is 19.4 Å². The molecule has 0 unspecified atom stereocenters. The molecule has 0 atom stereocenters. The van der Waals surface area contributed by atoms with Crippen molar-refractivity contribution in [1.29, 1.82) is 0 Å². The van der Waals surface area contributed by atoms with E-state index in [9.17, 15) is 0 Å². The Kier molecular flexibility index (Phi) is 3.98. The number of aromatic nitrogens is 3. The summed E-state index contributed by atoms with van der Waals surface area (Å²) in [5, 5.41) is 3.45. The fraction of sp³-hybridized carbons (Fsp3) is 0.462.